The highest BCUT2D eigenvalue weighted by molar-refractivity contribution is 5.86. The molecule has 0 aromatic heterocycles. The summed E-state index contributed by atoms with van der Waals surface area (Å²) in [6.07, 6.45) is 11.4. The lowest BCUT2D eigenvalue weighted by Crippen LogP contribution is -2.05. The lowest BCUT2D eigenvalue weighted by atomic mass is 10.1. The summed E-state index contributed by atoms with van der Waals surface area (Å²) < 4.78 is 4.96. The van der Waals surface area contributed by atoms with Crippen molar-refractivity contribution >= 4 is 5.97 Å². The Labute approximate surface area is 99.4 Å². The number of ether oxygens (including phenoxy) is 1. The van der Waals surface area contributed by atoms with Crippen LogP contribution in [0.15, 0.2) is 24.3 Å². The third-order valence-electron chi connectivity index (χ3n) is 2.26. The van der Waals surface area contributed by atoms with Gasteiger partial charge in [-0.3, -0.25) is 0 Å². The summed E-state index contributed by atoms with van der Waals surface area (Å²) in [5, 5.41) is 0. The Bertz CT molecular complexity index is 229. The summed E-state index contributed by atoms with van der Waals surface area (Å²) in [5.41, 5.74) is 0.462. The molecule has 2 heteroatoms. The summed E-state index contributed by atoms with van der Waals surface area (Å²) >= 11 is 0. The molecule has 0 aromatic carbocycles. The van der Waals surface area contributed by atoms with E-state index < -0.39 is 0 Å². The molecule has 0 aromatic rings. The number of allylic oxidation sites excluding steroid dienone is 1. The van der Waals surface area contributed by atoms with Gasteiger partial charge in [0.25, 0.3) is 0 Å². The van der Waals surface area contributed by atoms with Crippen LogP contribution >= 0.6 is 0 Å². The van der Waals surface area contributed by atoms with Crippen molar-refractivity contribution in [3.05, 3.63) is 24.3 Å². The van der Waals surface area contributed by atoms with E-state index in [-0.39, 0.29) is 5.97 Å². The van der Waals surface area contributed by atoms with Crippen molar-refractivity contribution in [3.63, 3.8) is 0 Å². The second-order valence-corrected chi connectivity index (χ2v) is 4.03. The van der Waals surface area contributed by atoms with Gasteiger partial charge in [-0.05, 0) is 26.2 Å². The zero-order chi connectivity index (χ0) is 12.2. The van der Waals surface area contributed by atoms with Gasteiger partial charge in [0.2, 0.25) is 0 Å². The number of esters is 1. The molecule has 2 nitrogen and oxygen atoms in total. The second kappa shape index (κ2) is 10.5. The molecule has 0 radical (unpaired) electrons. The molecule has 0 spiro atoms. The van der Waals surface area contributed by atoms with Gasteiger partial charge in [-0.25, -0.2) is 4.79 Å². The minimum atomic E-state index is -0.295. The molecule has 0 aliphatic carbocycles. The first-order chi connectivity index (χ1) is 7.68. The van der Waals surface area contributed by atoms with E-state index in [1.54, 1.807) is 6.92 Å². The maximum atomic E-state index is 11.0. The summed E-state index contributed by atoms with van der Waals surface area (Å²) in [4.78, 5) is 11.0. The molecule has 0 amide bonds. The van der Waals surface area contributed by atoms with Crippen molar-refractivity contribution in [2.45, 2.75) is 52.4 Å². The number of carbonyl (C=O) groups is 1. The average molecular weight is 224 g/mol. The van der Waals surface area contributed by atoms with Crippen LogP contribution < -0.4 is 0 Å². The van der Waals surface area contributed by atoms with Gasteiger partial charge in [-0.15, -0.1) is 0 Å². The van der Waals surface area contributed by atoms with Crippen molar-refractivity contribution in [3.8, 4) is 0 Å². The number of unbranched alkanes of at least 4 members (excludes halogenated alkanes) is 4. The monoisotopic (exact) mass is 224 g/mol. The topological polar surface area (TPSA) is 26.3 Å². The van der Waals surface area contributed by atoms with Gasteiger partial charge in [0.05, 0.1) is 6.61 Å². The molecule has 0 rings (SSSR count). The van der Waals surface area contributed by atoms with E-state index in [0.717, 1.165) is 12.8 Å². The van der Waals surface area contributed by atoms with E-state index in [9.17, 15) is 4.79 Å². The Hall–Kier alpha value is -1.05. The molecule has 92 valence electrons. The zero-order valence-corrected chi connectivity index (χ0v) is 10.6. The molecule has 0 bridgehead atoms. The van der Waals surface area contributed by atoms with Crippen molar-refractivity contribution in [2.75, 3.05) is 6.61 Å². The SMILES string of the molecule is C=C(C)C(=O)OCC/C=C/CCCCCC. The highest BCUT2D eigenvalue weighted by Gasteiger charge is 2.00. The maximum absolute atomic E-state index is 11.0. The van der Waals surface area contributed by atoms with E-state index in [2.05, 4.69) is 25.7 Å². The van der Waals surface area contributed by atoms with Gasteiger partial charge < -0.3 is 4.74 Å². The summed E-state index contributed by atoms with van der Waals surface area (Å²) in [7, 11) is 0. The molecule has 0 unspecified atom stereocenters. The fourth-order valence-electron chi connectivity index (χ4n) is 1.27. The molecule has 0 atom stereocenters. The van der Waals surface area contributed by atoms with E-state index in [1.807, 2.05) is 0 Å². The van der Waals surface area contributed by atoms with Gasteiger partial charge in [0, 0.05) is 5.57 Å². The molecule has 16 heavy (non-hydrogen) atoms. The standard InChI is InChI=1S/C14H24O2/c1-4-5-6-7-8-9-10-11-12-16-14(15)13(2)3/h9-10H,2,4-8,11-12H2,1,3H3/b10-9+. The Morgan fingerprint density at radius 1 is 1.19 bits per heavy atom. The molecule has 0 heterocycles. The van der Waals surface area contributed by atoms with Crippen molar-refractivity contribution in [1.29, 1.82) is 0 Å². The van der Waals surface area contributed by atoms with Crippen LogP contribution in [0.5, 0.6) is 0 Å². The third kappa shape index (κ3) is 9.50. The van der Waals surface area contributed by atoms with Crippen LogP contribution in [0.1, 0.15) is 52.4 Å². The molecule has 0 aliphatic rings. The van der Waals surface area contributed by atoms with Crippen molar-refractivity contribution in [1.82, 2.24) is 0 Å². The lowest BCUT2D eigenvalue weighted by Gasteiger charge is -2.00. The number of carbonyl (C=O) groups excluding carboxylic acids is 1. The molecule has 0 saturated heterocycles. The minimum Gasteiger partial charge on any atom is -0.462 e. The Morgan fingerprint density at radius 2 is 1.88 bits per heavy atom. The number of hydrogen-bond donors (Lipinski definition) is 0. The quantitative estimate of drug-likeness (QED) is 0.256. The Morgan fingerprint density at radius 3 is 2.50 bits per heavy atom. The maximum Gasteiger partial charge on any atom is 0.333 e. The summed E-state index contributed by atoms with van der Waals surface area (Å²) in [6, 6.07) is 0. The first kappa shape index (κ1) is 14.9. The minimum absolute atomic E-state index is 0.295. The van der Waals surface area contributed by atoms with E-state index in [0.29, 0.717) is 12.2 Å². The number of hydrogen-bond acceptors (Lipinski definition) is 2. The Kier molecular flexibility index (Phi) is 9.78. The second-order valence-electron chi connectivity index (χ2n) is 4.03. The molecule has 0 N–H and O–H groups in total. The fourth-order valence-corrected chi connectivity index (χ4v) is 1.27. The lowest BCUT2D eigenvalue weighted by molar-refractivity contribution is -0.138. The van der Waals surface area contributed by atoms with Gasteiger partial charge >= 0.3 is 5.97 Å². The largest absolute Gasteiger partial charge is 0.462 e. The molecular weight excluding hydrogens is 200 g/mol. The van der Waals surface area contributed by atoms with Gasteiger partial charge in [-0.1, -0.05) is 44.9 Å². The van der Waals surface area contributed by atoms with Gasteiger partial charge in [-0.2, -0.15) is 0 Å². The summed E-state index contributed by atoms with van der Waals surface area (Å²) in [6.45, 7) is 7.85. The summed E-state index contributed by atoms with van der Waals surface area (Å²) in [5.74, 6) is -0.295. The van der Waals surface area contributed by atoms with Crippen LogP contribution in [0.3, 0.4) is 0 Å². The molecular formula is C14H24O2. The predicted octanol–water partition coefficient (Wildman–Crippen LogP) is 4.02. The molecule has 0 saturated carbocycles. The van der Waals surface area contributed by atoms with E-state index in [1.165, 1.54) is 25.7 Å². The van der Waals surface area contributed by atoms with Crippen LogP contribution in [0, 0.1) is 0 Å². The zero-order valence-electron chi connectivity index (χ0n) is 10.6. The van der Waals surface area contributed by atoms with Crippen LogP contribution in [0.25, 0.3) is 0 Å². The third-order valence-corrected chi connectivity index (χ3v) is 2.26. The van der Waals surface area contributed by atoms with Gasteiger partial charge in [0.15, 0.2) is 0 Å². The normalized spacial score (nSPS) is 10.6. The van der Waals surface area contributed by atoms with Crippen LogP contribution in [0.4, 0.5) is 0 Å². The highest BCUT2D eigenvalue weighted by atomic mass is 16.5. The van der Waals surface area contributed by atoms with E-state index >= 15 is 0 Å². The molecule has 0 fully saturated rings. The first-order valence-corrected chi connectivity index (χ1v) is 6.16. The number of rotatable bonds is 9. The van der Waals surface area contributed by atoms with Crippen molar-refractivity contribution < 1.29 is 9.53 Å². The van der Waals surface area contributed by atoms with Crippen LogP contribution in [-0.2, 0) is 9.53 Å². The van der Waals surface area contributed by atoms with Crippen LogP contribution in [0.2, 0.25) is 0 Å². The smallest absolute Gasteiger partial charge is 0.333 e. The van der Waals surface area contributed by atoms with Gasteiger partial charge in [0.1, 0.15) is 0 Å². The van der Waals surface area contributed by atoms with E-state index in [4.69, 9.17) is 4.74 Å². The van der Waals surface area contributed by atoms with Crippen LogP contribution in [-0.4, -0.2) is 12.6 Å². The first-order valence-electron chi connectivity index (χ1n) is 6.16. The van der Waals surface area contributed by atoms with Crippen molar-refractivity contribution in [2.24, 2.45) is 0 Å². The average Bonchev–Trinajstić information content (AvgIpc) is 2.26. The predicted molar refractivity (Wildman–Crippen MR) is 68.3 cm³/mol. The Balaban J connectivity index is 3.28. The molecule has 0 aliphatic heterocycles. The highest BCUT2D eigenvalue weighted by Crippen LogP contribution is 2.03. The fraction of sp³-hybridized carbons (Fsp3) is 0.643.